The van der Waals surface area contributed by atoms with Crippen molar-refractivity contribution in [3.8, 4) is 5.75 Å². The first-order valence-electron chi connectivity index (χ1n) is 7.15. The second kappa shape index (κ2) is 5.15. The molecule has 1 unspecified atom stereocenters. The number of hydrogen-bond acceptors (Lipinski definition) is 3. The molecule has 1 spiro atoms. The maximum atomic E-state index is 12.8. The maximum absolute atomic E-state index is 12.8. The van der Waals surface area contributed by atoms with Crippen molar-refractivity contribution in [1.82, 2.24) is 10.2 Å². The van der Waals surface area contributed by atoms with Gasteiger partial charge in [-0.1, -0.05) is 0 Å². The lowest BCUT2D eigenvalue weighted by molar-refractivity contribution is -0.137. The Bertz CT molecular complexity index is 603. The summed E-state index contributed by atoms with van der Waals surface area (Å²) in [6, 6.07) is 3.16. The molecule has 0 bridgehead atoms. The normalized spacial score (nSPS) is 25.9. The molecule has 2 aliphatic rings. The van der Waals surface area contributed by atoms with Crippen molar-refractivity contribution < 1.29 is 23.1 Å². The van der Waals surface area contributed by atoms with Gasteiger partial charge in [-0.15, -0.1) is 0 Å². The van der Waals surface area contributed by atoms with Crippen LogP contribution in [0.15, 0.2) is 18.2 Å². The van der Waals surface area contributed by atoms with Crippen molar-refractivity contribution in [3.05, 3.63) is 29.3 Å². The van der Waals surface area contributed by atoms with Crippen LogP contribution in [0.25, 0.3) is 0 Å². The van der Waals surface area contributed by atoms with Crippen molar-refractivity contribution in [3.63, 3.8) is 0 Å². The number of likely N-dealkylation sites (tertiary alicyclic amines) is 1. The SMILES string of the molecule is O=C1CC2(CCN(Cc3cc(O)cc(C(F)(F)F)c3)C2)CN1. The number of aromatic hydroxyl groups is 1. The third kappa shape index (κ3) is 3.04. The number of rotatable bonds is 2. The summed E-state index contributed by atoms with van der Waals surface area (Å²) in [5.74, 6) is -0.338. The highest BCUT2D eigenvalue weighted by atomic mass is 19.4. The molecule has 3 rings (SSSR count). The van der Waals surface area contributed by atoms with Crippen molar-refractivity contribution in [1.29, 1.82) is 0 Å². The Morgan fingerprint density at radius 1 is 1.32 bits per heavy atom. The molecule has 2 N–H and O–H groups in total. The first-order valence-corrected chi connectivity index (χ1v) is 7.15. The van der Waals surface area contributed by atoms with Gasteiger partial charge in [-0.05, 0) is 36.7 Å². The van der Waals surface area contributed by atoms with Crippen LogP contribution in [-0.4, -0.2) is 35.5 Å². The Morgan fingerprint density at radius 3 is 2.73 bits per heavy atom. The largest absolute Gasteiger partial charge is 0.508 e. The molecular formula is C15H17F3N2O2. The van der Waals surface area contributed by atoms with Crippen LogP contribution < -0.4 is 5.32 Å². The summed E-state index contributed by atoms with van der Waals surface area (Å²) >= 11 is 0. The fraction of sp³-hybridized carbons (Fsp3) is 0.533. The number of phenolic OH excluding ortho intramolecular Hbond substituents is 1. The van der Waals surface area contributed by atoms with Crippen LogP contribution in [0, 0.1) is 5.41 Å². The molecule has 0 radical (unpaired) electrons. The molecule has 0 saturated carbocycles. The van der Waals surface area contributed by atoms with Gasteiger partial charge in [0.05, 0.1) is 5.56 Å². The third-order valence-corrected chi connectivity index (χ3v) is 4.42. The number of halogens is 3. The number of carbonyl (C=O) groups is 1. The average molecular weight is 314 g/mol. The molecule has 7 heteroatoms. The Hall–Kier alpha value is -1.76. The van der Waals surface area contributed by atoms with Crippen molar-refractivity contribution in [2.24, 2.45) is 5.41 Å². The van der Waals surface area contributed by atoms with E-state index < -0.39 is 11.7 Å². The average Bonchev–Trinajstić information content (AvgIpc) is 2.95. The van der Waals surface area contributed by atoms with Gasteiger partial charge in [-0.25, -0.2) is 0 Å². The number of amides is 1. The number of benzene rings is 1. The standard InChI is InChI=1S/C15H17F3N2O2/c16-15(17,18)11-3-10(4-12(21)5-11)7-20-2-1-14(9-20)6-13(22)19-8-14/h3-5,21H,1-2,6-9H2,(H,19,22). The zero-order chi connectivity index (χ0) is 16.0. The molecule has 1 aromatic rings. The minimum atomic E-state index is -4.47. The van der Waals surface area contributed by atoms with Gasteiger partial charge in [0.2, 0.25) is 5.91 Å². The smallest absolute Gasteiger partial charge is 0.416 e. The maximum Gasteiger partial charge on any atom is 0.416 e. The van der Waals surface area contributed by atoms with E-state index >= 15 is 0 Å². The van der Waals surface area contributed by atoms with Gasteiger partial charge in [0, 0.05) is 31.5 Å². The van der Waals surface area contributed by atoms with E-state index in [0.717, 1.165) is 25.1 Å². The number of hydrogen-bond donors (Lipinski definition) is 2. The predicted octanol–water partition coefficient (Wildman–Crippen LogP) is 2.12. The molecule has 1 atom stereocenters. The summed E-state index contributed by atoms with van der Waals surface area (Å²) in [7, 11) is 0. The molecule has 4 nitrogen and oxygen atoms in total. The molecule has 1 amide bonds. The van der Waals surface area contributed by atoms with Crippen LogP contribution in [0.5, 0.6) is 5.75 Å². The first-order chi connectivity index (χ1) is 10.3. The van der Waals surface area contributed by atoms with Gasteiger partial charge in [-0.2, -0.15) is 13.2 Å². The summed E-state index contributed by atoms with van der Waals surface area (Å²) in [5, 5.41) is 12.3. The van der Waals surface area contributed by atoms with Gasteiger partial charge in [0.1, 0.15) is 5.75 Å². The van der Waals surface area contributed by atoms with Crippen LogP contribution in [0.3, 0.4) is 0 Å². The second-order valence-corrected chi connectivity index (χ2v) is 6.30. The summed E-state index contributed by atoms with van der Waals surface area (Å²) in [6.07, 6.45) is -3.13. The number of alkyl halides is 3. The molecule has 2 fully saturated rings. The van der Waals surface area contributed by atoms with E-state index in [1.807, 2.05) is 4.90 Å². The van der Waals surface area contributed by atoms with E-state index in [1.54, 1.807) is 0 Å². The predicted molar refractivity (Wildman–Crippen MR) is 73.1 cm³/mol. The van der Waals surface area contributed by atoms with Crippen LogP contribution >= 0.6 is 0 Å². The summed E-state index contributed by atoms with van der Waals surface area (Å²) in [4.78, 5) is 13.4. The van der Waals surface area contributed by atoms with E-state index in [-0.39, 0.29) is 17.1 Å². The monoisotopic (exact) mass is 314 g/mol. The molecule has 22 heavy (non-hydrogen) atoms. The highest BCUT2D eigenvalue weighted by Gasteiger charge is 2.43. The number of carbonyl (C=O) groups excluding carboxylic acids is 1. The molecule has 2 saturated heterocycles. The lowest BCUT2D eigenvalue weighted by atomic mass is 9.86. The molecule has 2 heterocycles. The van der Waals surface area contributed by atoms with E-state index in [0.29, 0.717) is 31.6 Å². The van der Waals surface area contributed by atoms with E-state index in [9.17, 15) is 23.1 Å². The number of nitrogens with one attached hydrogen (secondary N) is 1. The fourth-order valence-electron chi connectivity index (χ4n) is 3.39. The van der Waals surface area contributed by atoms with Gasteiger partial charge in [0.25, 0.3) is 0 Å². The Morgan fingerprint density at radius 2 is 2.09 bits per heavy atom. The number of phenols is 1. The topological polar surface area (TPSA) is 52.6 Å². The molecule has 1 aromatic carbocycles. The summed E-state index contributed by atoms with van der Waals surface area (Å²) in [6.45, 7) is 2.40. The zero-order valence-electron chi connectivity index (χ0n) is 11.9. The van der Waals surface area contributed by atoms with Crippen LogP contribution in [-0.2, 0) is 17.5 Å². The molecule has 0 aromatic heterocycles. The molecular weight excluding hydrogens is 297 g/mol. The van der Waals surface area contributed by atoms with Gasteiger partial charge >= 0.3 is 6.18 Å². The van der Waals surface area contributed by atoms with Crippen LogP contribution in [0.1, 0.15) is 24.0 Å². The quantitative estimate of drug-likeness (QED) is 0.879. The molecule has 2 aliphatic heterocycles. The highest BCUT2D eigenvalue weighted by molar-refractivity contribution is 5.79. The minimum absolute atomic E-state index is 0.0403. The van der Waals surface area contributed by atoms with Crippen LogP contribution in [0.2, 0.25) is 0 Å². The van der Waals surface area contributed by atoms with E-state index in [2.05, 4.69) is 5.32 Å². The van der Waals surface area contributed by atoms with Gasteiger partial charge in [0.15, 0.2) is 0 Å². The van der Waals surface area contributed by atoms with Gasteiger partial charge < -0.3 is 10.4 Å². The first kappa shape index (κ1) is 15.1. The van der Waals surface area contributed by atoms with Crippen LogP contribution in [0.4, 0.5) is 13.2 Å². The lowest BCUT2D eigenvalue weighted by Crippen LogP contribution is -2.29. The molecule has 0 aliphatic carbocycles. The Balaban J connectivity index is 1.72. The van der Waals surface area contributed by atoms with Crippen molar-refractivity contribution >= 4 is 5.91 Å². The Labute approximate surface area is 125 Å². The molecule has 120 valence electrons. The van der Waals surface area contributed by atoms with Crippen molar-refractivity contribution in [2.75, 3.05) is 19.6 Å². The fourth-order valence-corrected chi connectivity index (χ4v) is 3.39. The Kier molecular flexibility index (Phi) is 3.55. The summed E-state index contributed by atoms with van der Waals surface area (Å²) in [5.41, 5.74) is -0.489. The van der Waals surface area contributed by atoms with Crippen molar-refractivity contribution in [2.45, 2.75) is 25.6 Å². The number of nitrogens with zero attached hydrogens (tertiary/aromatic N) is 1. The highest BCUT2D eigenvalue weighted by Crippen LogP contribution is 2.38. The summed E-state index contributed by atoms with van der Waals surface area (Å²) < 4.78 is 38.3. The zero-order valence-corrected chi connectivity index (χ0v) is 11.9. The lowest BCUT2D eigenvalue weighted by Gasteiger charge is -2.22. The second-order valence-electron chi connectivity index (χ2n) is 6.30. The third-order valence-electron chi connectivity index (χ3n) is 4.42. The van der Waals surface area contributed by atoms with E-state index in [1.165, 1.54) is 6.07 Å². The minimum Gasteiger partial charge on any atom is -0.508 e. The van der Waals surface area contributed by atoms with Gasteiger partial charge in [-0.3, -0.25) is 9.69 Å². The van der Waals surface area contributed by atoms with E-state index in [4.69, 9.17) is 0 Å².